The van der Waals surface area contributed by atoms with Crippen LogP contribution in [0.4, 0.5) is 5.69 Å². The van der Waals surface area contributed by atoms with Crippen LogP contribution in [0, 0.1) is 18.8 Å². The first kappa shape index (κ1) is 25.5. The van der Waals surface area contributed by atoms with E-state index in [2.05, 4.69) is 24.1 Å². The van der Waals surface area contributed by atoms with E-state index in [1.165, 1.54) is 26.5 Å². The highest BCUT2D eigenvalue weighted by Gasteiger charge is 2.35. The van der Waals surface area contributed by atoms with E-state index in [0.717, 1.165) is 12.0 Å². The molecule has 0 spiro atoms. The first-order chi connectivity index (χ1) is 16.5. The molecular weight excluding hydrogens is 484 g/mol. The second kappa shape index (κ2) is 9.83. The molecule has 2 aromatic heterocycles. The van der Waals surface area contributed by atoms with Gasteiger partial charge in [-0.25, -0.2) is 13.4 Å². The minimum Gasteiger partial charge on any atom is -0.325 e. The molecule has 1 aliphatic heterocycles. The van der Waals surface area contributed by atoms with E-state index in [0.29, 0.717) is 34.4 Å². The van der Waals surface area contributed by atoms with Gasteiger partial charge in [0.2, 0.25) is 15.9 Å². The average Bonchev–Trinajstić information content (AvgIpc) is 3.13. The molecule has 188 valence electrons. The van der Waals surface area contributed by atoms with E-state index in [9.17, 15) is 18.0 Å². The van der Waals surface area contributed by atoms with Gasteiger partial charge in [-0.1, -0.05) is 39.8 Å². The third-order valence-corrected chi connectivity index (χ3v) is 9.55. The molecule has 1 N–H and O–H groups in total. The molecule has 3 aromatic rings. The van der Waals surface area contributed by atoms with Crippen molar-refractivity contribution in [1.29, 1.82) is 0 Å². The number of rotatable bonds is 6. The lowest BCUT2D eigenvalue weighted by Gasteiger charge is -2.34. The third kappa shape index (κ3) is 5.19. The lowest BCUT2D eigenvalue weighted by molar-refractivity contribution is -0.116. The van der Waals surface area contributed by atoms with Crippen molar-refractivity contribution in [3.8, 4) is 0 Å². The van der Waals surface area contributed by atoms with Crippen molar-refractivity contribution < 1.29 is 13.2 Å². The molecule has 1 aromatic carbocycles. The van der Waals surface area contributed by atoms with Crippen LogP contribution in [0.15, 0.2) is 40.3 Å². The highest BCUT2D eigenvalue weighted by Crippen LogP contribution is 2.35. The molecule has 1 aliphatic rings. The summed E-state index contributed by atoms with van der Waals surface area (Å²) in [6, 6.07) is 7.55. The van der Waals surface area contributed by atoms with Gasteiger partial charge in [-0.3, -0.25) is 14.2 Å². The van der Waals surface area contributed by atoms with Crippen molar-refractivity contribution in [3.63, 3.8) is 0 Å². The minimum absolute atomic E-state index is 0.0235. The normalized spacial score (nSPS) is 19.4. The van der Waals surface area contributed by atoms with Crippen LogP contribution >= 0.6 is 11.3 Å². The minimum atomic E-state index is -3.88. The van der Waals surface area contributed by atoms with Crippen molar-refractivity contribution in [3.05, 3.63) is 51.4 Å². The van der Waals surface area contributed by atoms with E-state index in [1.807, 2.05) is 38.1 Å². The number of anilines is 1. The summed E-state index contributed by atoms with van der Waals surface area (Å²) < 4.78 is 30.0. The summed E-state index contributed by atoms with van der Waals surface area (Å²) in [6.07, 6.45) is 2.28. The third-order valence-electron chi connectivity index (χ3n) is 6.41. The summed E-state index contributed by atoms with van der Waals surface area (Å²) in [5, 5.41) is 2.86. The topological polar surface area (TPSA) is 101 Å². The molecule has 35 heavy (non-hydrogen) atoms. The fourth-order valence-corrected chi connectivity index (χ4v) is 8.12. The lowest BCUT2D eigenvalue weighted by Crippen LogP contribution is -2.42. The summed E-state index contributed by atoms with van der Waals surface area (Å²) in [5.74, 6) is 0.478. The lowest BCUT2D eigenvalue weighted by atomic mass is 9.94. The number of fused-ring (bicyclic) bond motifs is 1. The van der Waals surface area contributed by atoms with Crippen molar-refractivity contribution in [2.45, 2.75) is 58.4 Å². The molecule has 0 saturated carbocycles. The van der Waals surface area contributed by atoms with E-state index in [1.54, 1.807) is 6.92 Å². The molecule has 0 bridgehead atoms. The number of aryl methyl sites for hydroxylation is 1. The van der Waals surface area contributed by atoms with Crippen LogP contribution in [-0.2, 0) is 21.4 Å². The standard InChI is InChI=1S/C25H32N4O4S2/c1-15(2)19-6-8-20(9-7-19)27-21(30)13-28-14-26-24-22(25(28)31)23(18(5)34-24)35(32,33)29-11-16(3)10-17(4)12-29/h6-9,14-17H,10-13H2,1-5H3,(H,27,30)/t16-,17+. The first-order valence-electron chi connectivity index (χ1n) is 11.9. The Morgan fingerprint density at radius 3 is 2.40 bits per heavy atom. The van der Waals surface area contributed by atoms with Crippen LogP contribution in [0.25, 0.3) is 10.2 Å². The van der Waals surface area contributed by atoms with Gasteiger partial charge in [0.1, 0.15) is 16.3 Å². The van der Waals surface area contributed by atoms with E-state index >= 15 is 0 Å². The van der Waals surface area contributed by atoms with Gasteiger partial charge in [-0.2, -0.15) is 4.31 Å². The SMILES string of the molecule is Cc1sc2ncn(CC(=O)Nc3ccc(C(C)C)cc3)c(=O)c2c1S(=O)(=O)N1C[C@H](C)C[C@H](C)C1. The fraction of sp³-hybridized carbons (Fsp3) is 0.480. The van der Waals surface area contributed by atoms with Crippen molar-refractivity contribution >= 4 is 43.2 Å². The Morgan fingerprint density at radius 2 is 1.80 bits per heavy atom. The zero-order valence-electron chi connectivity index (χ0n) is 20.7. The van der Waals surface area contributed by atoms with Crippen molar-refractivity contribution in [1.82, 2.24) is 13.9 Å². The van der Waals surface area contributed by atoms with Gasteiger partial charge in [0.05, 0.1) is 11.7 Å². The van der Waals surface area contributed by atoms with Crippen molar-refractivity contribution in [2.75, 3.05) is 18.4 Å². The maximum absolute atomic E-state index is 13.7. The number of hydrogen-bond donors (Lipinski definition) is 1. The average molecular weight is 517 g/mol. The van der Waals surface area contributed by atoms with Gasteiger partial charge in [0.25, 0.3) is 5.56 Å². The number of nitrogens with zero attached hydrogens (tertiary/aromatic N) is 3. The monoisotopic (exact) mass is 516 g/mol. The van der Waals surface area contributed by atoms with Gasteiger partial charge in [-0.15, -0.1) is 11.3 Å². The van der Waals surface area contributed by atoms with Gasteiger partial charge in [0.15, 0.2) is 0 Å². The van der Waals surface area contributed by atoms with Crippen LogP contribution in [-0.4, -0.2) is 41.3 Å². The van der Waals surface area contributed by atoms with Crippen LogP contribution < -0.4 is 10.9 Å². The molecule has 0 unspecified atom stereocenters. The van der Waals surface area contributed by atoms with E-state index in [4.69, 9.17) is 0 Å². The van der Waals surface area contributed by atoms with Gasteiger partial charge in [-0.05, 0) is 48.8 Å². The number of carbonyl (C=O) groups is 1. The number of benzene rings is 1. The summed E-state index contributed by atoms with van der Waals surface area (Å²) in [5.41, 5.74) is 1.26. The van der Waals surface area contributed by atoms with Crippen LogP contribution in [0.1, 0.15) is 50.5 Å². The summed E-state index contributed by atoms with van der Waals surface area (Å²) in [6.45, 7) is 10.6. The summed E-state index contributed by atoms with van der Waals surface area (Å²) >= 11 is 1.19. The van der Waals surface area contributed by atoms with Crippen LogP contribution in [0.2, 0.25) is 0 Å². The van der Waals surface area contributed by atoms with Crippen LogP contribution in [0.3, 0.4) is 0 Å². The Labute approximate surface area is 210 Å². The second-order valence-electron chi connectivity index (χ2n) is 9.94. The number of hydrogen-bond acceptors (Lipinski definition) is 6. The van der Waals surface area contributed by atoms with Gasteiger partial charge in [0, 0.05) is 23.7 Å². The quantitative estimate of drug-likeness (QED) is 0.529. The number of piperidine rings is 1. The molecular formula is C25H32N4O4S2. The molecule has 2 atom stereocenters. The smallest absolute Gasteiger partial charge is 0.263 e. The molecule has 8 nitrogen and oxygen atoms in total. The zero-order chi connectivity index (χ0) is 25.5. The maximum atomic E-state index is 13.7. The van der Waals surface area contributed by atoms with Gasteiger partial charge < -0.3 is 5.32 Å². The highest BCUT2D eigenvalue weighted by atomic mass is 32.2. The Kier molecular flexibility index (Phi) is 7.17. The molecule has 1 fully saturated rings. The summed E-state index contributed by atoms with van der Waals surface area (Å²) in [4.78, 5) is 31.3. The summed E-state index contributed by atoms with van der Waals surface area (Å²) in [7, 11) is -3.88. The van der Waals surface area contributed by atoms with E-state index < -0.39 is 15.6 Å². The largest absolute Gasteiger partial charge is 0.325 e. The Balaban J connectivity index is 1.64. The predicted octanol–water partition coefficient (Wildman–Crippen LogP) is 4.20. The first-order valence-corrected chi connectivity index (χ1v) is 14.1. The Morgan fingerprint density at radius 1 is 1.17 bits per heavy atom. The molecule has 10 heteroatoms. The van der Waals surface area contributed by atoms with Gasteiger partial charge >= 0.3 is 0 Å². The number of sulfonamides is 1. The number of nitrogens with one attached hydrogen (secondary N) is 1. The molecule has 1 saturated heterocycles. The van der Waals surface area contributed by atoms with Crippen LogP contribution in [0.5, 0.6) is 0 Å². The predicted molar refractivity (Wildman–Crippen MR) is 139 cm³/mol. The molecule has 0 radical (unpaired) electrons. The Hall–Kier alpha value is -2.56. The van der Waals surface area contributed by atoms with E-state index in [-0.39, 0.29) is 34.6 Å². The molecule has 0 aliphatic carbocycles. The number of carbonyl (C=O) groups excluding carboxylic acids is 1. The molecule has 1 amide bonds. The number of aromatic nitrogens is 2. The molecule has 4 rings (SSSR count). The Bertz CT molecular complexity index is 1400. The second-order valence-corrected chi connectivity index (χ2v) is 13.0. The highest BCUT2D eigenvalue weighted by molar-refractivity contribution is 7.89. The fourth-order valence-electron chi connectivity index (χ4n) is 4.77. The maximum Gasteiger partial charge on any atom is 0.263 e. The zero-order valence-corrected chi connectivity index (χ0v) is 22.4. The van der Waals surface area contributed by atoms with Crippen molar-refractivity contribution in [2.24, 2.45) is 11.8 Å². The molecule has 3 heterocycles. The number of amides is 1. The number of thiophene rings is 1.